The van der Waals surface area contributed by atoms with Crippen molar-refractivity contribution in [3.8, 4) is 0 Å². The zero-order valence-electron chi connectivity index (χ0n) is 14.9. The van der Waals surface area contributed by atoms with E-state index in [1.54, 1.807) is 0 Å². The summed E-state index contributed by atoms with van der Waals surface area (Å²) in [4.78, 5) is 26.5. The summed E-state index contributed by atoms with van der Waals surface area (Å²) in [6, 6.07) is 3.42. The molecule has 0 bridgehead atoms. The van der Waals surface area contributed by atoms with Crippen LogP contribution in [0.2, 0.25) is 0 Å². The van der Waals surface area contributed by atoms with Crippen molar-refractivity contribution in [1.29, 1.82) is 0 Å². The number of hydrogen-bond donors (Lipinski definition) is 1. The molecule has 1 aliphatic rings. The second-order valence-electron chi connectivity index (χ2n) is 7.24. The van der Waals surface area contributed by atoms with Crippen LogP contribution in [0.1, 0.15) is 44.7 Å². The van der Waals surface area contributed by atoms with E-state index in [1.807, 2.05) is 46.8 Å². The van der Waals surface area contributed by atoms with E-state index in [4.69, 9.17) is 4.74 Å². The highest BCUT2D eigenvalue weighted by Crippen LogP contribution is 2.28. The predicted molar refractivity (Wildman–Crippen MR) is 98.2 cm³/mol. The van der Waals surface area contributed by atoms with E-state index in [9.17, 15) is 9.59 Å². The number of aryl methyl sites for hydroxylation is 2. The molecule has 6 heteroatoms. The molecule has 0 radical (unpaired) electrons. The average molecular weight is 397 g/mol. The van der Waals surface area contributed by atoms with Crippen LogP contribution < -0.4 is 5.32 Å². The van der Waals surface area contributed by atoms with Gasteiger partial charge in [0, 0.05) is 11.0 Å². The minimum Gasteiger partial charge on any atom is -0.444 e. The normalized spacial score (nSPS) is 17.8. The number of carbonyl (C=O) groups is 2. The van der Waals surface area contributed by atoms with Crippen molar-refractivity contribution in [1.82, 2.24) is 4.90 Å². The molecule has 1 aliphatic heterocycles. The van der Waals surface area contributed by atoms with Gasteiger partial charge in [0.1, 0.15) is 11.6 Å². The molecule has 1 aromatic carbocycles. The summed E-state index contributed by atoms with van der Waals surface area (Å²) in [6.45, 7) is 10.0. The summed E-state index contributed by atoms with van der Waals surface area (Å²) in [5, 5.41) is 2.93. The summed E-state index contributed by atoms with van der Waals surface area (Å²) >= 11 is 3.48. The first kappa shape index (κ1) is 18.8. The maximum Gasteiger partial charge on any atom is 0.410 e. The van der Waals surface area contributed by atoms with Crippen LogP contribution in [0.4, 0.5) is 10.5 Å². The summed E-state index contributed by atoms with van der Waals surface area (Å²) in [7, 11) is 0. The molecule has 0 aliphatic carbocycles. The van der Waals surface area contributed by atoms with E-state index in [0.717, 1.165) is 27.7 Å². The van der Waals surface area contributed by atoms with E-state index in [0.29, 0.717) is 13.0 Å². The van der Waals surface area contributed by atoms with Crippen molar-refractivity contribution in [3.63, 3.8) is 0 Å². The van der Waals surface area contributed by atoms with Gasteiger partial charge in [0.25, 0.3) is 0 Å². The predicted octanol–water partition coefficient (Wildman–Crippen LogP) is 4.40. The Balaban J connectivity index is 2.11. The fourth-order valence-electron chi connectivity index (χ4n) is 2.67. The third-order valence-electron chi connectivity index (χ3n) is 4.02. The second-order valence-corrected chi connectivity index (χ2v) is 8.09. The van der Waals surface area contributed by atoms with E-state index >= 15 is 0 Å². The van der Waals surface area contributed by atoms with Gasteiger partial charge in [0.2, 0.25) is 5.91 Å². The molecule has 5 nitrogen and oxygen atoms in total. The van der Waals surface area contributed by atoms with Gasteiger partial charge >= 0.3 is 6.09 Å². The average Bonchev–Trinajstić information content (AvgIpc) is 2.92. The Bertz CT molecular complexity index is 652. The van der Waals surface area contributed by atoms with Crippen molar-refractivity contribution in [2.75, 3.05) is 11.9 Å². The van der Waals surface area contributed by atoms with Crippen molar-refractivity contribution in [3.05, 3.63) is 27.7 Å². The van der Waals surface area contributed by atoms with Crippen LogP contribution in [-0.2, 0) is 9.53 Å². The number of carbonyl (C=O) groups excluding carboxylic acids is 2. The molecule has 1 atom stereocenters. The van der Waals surface area contributed by atoms with Crippen molar-refractivity contribution in [2.45, 2.75) is 59.1 Å². The second kappa shape index (κ2) is 7.13. The maximum atomic E-state index is 12.7. The van der Waals surface area contributed by atoms with Crippen LogP contribution >= 0.6 is 15.9 Å². The number of hydrogen-bond acceptors (Lipinski definition) is 3. The monoisotopic (exact) mass is 396 g/mol. The summed E-state index contributed by atoms with van der Waals surface area (Å²) in [6.07, 6.45) is 1.01. The molecule has 24 heavy (non-hydrogen) atoms. The van der Waals surface area contributed by atoms with Crippen LogP contribution in [0.5, 0.6) is 0 Å². The number of ether oxygens (including phenoxy) is 1. The standard InChI is InChI=1S/C18H25BrN2O3/c1-11-9-13(19)14(10-12(11)2)20-16(22)15-7-6-8-21(15)17(23)24-18(3,4)5/h9-10,15H,6-8H2,1-5H3,(H,20,22). The van der Waals surface area contributed by atoms with Crippen LogP contribution in [0, 0.1) is 13.8 Å². The molecule has 0 spiro atoms. The lowest BCUT2D eigenvalue weighted by Crippen LogP contribution is -2.45. The molecule has 2 rings (SSSR count). The lowest BCUT2D eigenvalue weighted by Gasteiger charge is -2.28. The Morgan fingerprint density at radius 3 is 2.50 bits per heavy atom. The Morgan fingerprint density at radius 2 is 1.88 bits per heavy atom. The van der Waals surface area contributed by atoms with Gasteiger partial charge in [-0.25, -0.2) is 4.79 Å². The van der Waals surface area contributed by atoms with Gasteiger partial charge in [-0.3, -0.25) is 9.69 Å². The molecule has 132 valence electrons. The van der Waals surface area contributed by atoms with Gasteiger partial charge in [0.05, 0.1) is 5.69 Å². The Morgan fingerprint density at radius 1 is 1.25 bits per heavy atom. The number of nitrogens with one attached hydrogen (secondary N) is 1. The molecule has 0 saturated carbocycles. The molecule has 1 heterocycles. The van der Waals surface area contributed by atoms with Crippen LogP contribution in [0.3, 0.4) is 0 Å². The molecule has 2 amide bonds. The van der Waals surface area contributed by atoms with Gasteiger partial charge in [0.15, 0.2) is 0 Å². The lowest BCUT2D eigenvalue weighted by molar-refractivity contribution is -0.120. The lowest BCUT2D eigenvalue weighted by atomic mass is 10.1. The topological polar surface area (TPSA) is 58.6 Å². The molecule has 1 unspecified atom stereocenters. The van der Waals surface area contributed by atoms with E-state index in [1.165, 1.54) is 4.90 Å². The molecular weight excluding hydrogens is 372 g/mol. The van der Waals surface area contributed by atoms with E-state index in [2.05, 4.69) is 21.2 Å². The molecule has 1 aromatic rings. The minimum atomic E-state index is -0.572. The fraction of sp³-hybridized carbons (Fsp3) is 0.556. The zero-order valence-corrected chi connectivity index (χ0v) is 16.5. The molecule has 1 N–H and O–H groups in total. The molecule has 0 aromatic heterocycles. The third kappa shape index (κ3) is 4.50. The Hall–Kier alpha value is -1.56. The quantitative estimate of drug-likeness (QED) is 0.805. The van der Waals surface area contributed by atoms with Crippen molar-refractivity contribution >= 4 is 33.6 Å². The van der Waals surface area contributed by atoms with E-state index in [-0.39, 0.29) is 5.91 Å². The van der Waals surface area contributed by atoms with Gasteiger partial charge in [-0.05, 0) is 86.6 Å². The first-order valence-corrected chi connectivity index (χ1v) is 8.95. The van der Waals surface area contributed by atoms with Gasteiger partial charge in [-0.2, -0.15) is 0 Å². The number of anilines is 1. The largest absolute Gasteiger partial charge is 0.444 e. The number of likely N-dealkylation sites (tertiary alicyclic amines) is 1. The molecule has 1 fully saturated rings. The van der Waals surface area contributed by atoms with Crippen molar-refractivity contribution < 1.29 is 14.3 Å². The number of nitrogens with zero attached hydrogens (tertiary/aromatic N) is 1. The highest BCUT2D eigenvalue weighted by molar-refractivity contribution is 9.10. The Kier molecular flexibility index (Phi) is 5.58. The van der Waals surface area contributed by atoms with E-state index < -0.39 is 17.7 Å². The fourth-order valence-corrected chi connectivity index (χ4v) is 3.23. The number of amides is 2. The number of rotatable bonds is 2. The Labute approximate surface area is 151 Å². The zero-order chi connectivity index (χ0) is 18.1. The highest BCUT2D eigenvalue weighted by Gasteiger charge is 2.36. The first-order valence-electron chi connectivity index (χ1n) is 8.16. The van der Waals surface area contributed by atoms with Gasteiger partial charge in [-0.1, -0.05) is 0 Å². The third-order valence-corrected chi connectivity index (χ3v) is 4.68. The number of halogens is 1. The molecule has 1 saturated heterocycles. The smallest absolute Gasteiger partial charge is 0.410 e. The van der Waals surface area contributed by atoms with Gasteiger partial charge < -0.3 is 10.1 Å². The number of benzene rings is 1. The molecular formula is C18H25BrN2O3. The van der Waals surface area contributed by atoms with Crippen LogP contribution in [0.25, 0.3) is 0 Å². The van der Waals surface area contributed by atoms with Crippen molar-refractivity contribution in [2.24, 2.45) is 0 Å². The van der Waals surface area contributed by atoms with Gasteiger partial charge in [-0.15, -0.1) is 0 Å². The summed E-state index contributed by atoms with van der Waals surface area (Å²) in [5.41, 5.74) is 2.40. The highest BCUT2D eigenvalue weighted by atomic mass is 79.9. The minimum absolute atomic E-state index is 0.178. The summed E-state index contributed by atoms with van der Waals surface area (Å²) in [5.74, 6) is -0.178. The SMILES string of the molecule is Cc1cc(Br)c(NC(=O)C2CCCN2C(=O)OC(C)(C)C)cc1C. The van der Waals surface area contributed by atoms with Crippen LogP contribution in [0.15, 0.2) is 16.6 Å². The maximum absolute atomic E-state index is 12.7. The van der Waals surface area contributed by atoms with Crippen LogP contribution in [-0.4, -0.2) is 35.1 Å². The summed E-state index contributed by atoms with van der Waals surface area (Å²) < 4.78 is 6.24. The first-order chi connectivity index (χ1) is 11.1.